The number of carbonyl (C=O) groups is 1. The Kier molecular flexibility index (Phi) is 4.56. The lowest BCUT2D eigenvalue weighted by atomic mass is 10.2. The molecule has 1 amide bonds. The van der Waals surface area contributed by atoms with Gasteiger partial charge in [0.05, 0.1) is 11.5 Å². The van der Waals surface area contributed by atoms with Crippen LogP contribution < -0.4 is 4.90 Å². The molecule has 1 saturated heterocycles. The number of piperazine rings is 1. The maximum absolute atomic E-state index is 13.3. The first-order chi connectivity index (χ1) is 10.0. The minimum Gasteiger partial charge on any atom is -0.450 e. The van der Waals surface area contributed by atoms with Crippen molar-refractivity contribution in [3.8, 4) is 0 Å². The van der Waals surface area contributed by atoms with Crippen LogP contribution in [0.1, 0.15) is 6.92 Å². The number of anilines is 1. The molecule has 1 aliphatic rings. The number of nitro benzene ring substituents is 1. The minimum absolute atomic E-state index is 0.138. The van der Waals surface area contributed by atoms with E-state index in [1.165, 1.54) is 4.90 Å². The second kappa shape index (κ2) is 6.38. The van der Waals surface area contributed by atoms with Crippen LogP contribution in [0, 0.1) is 15.9 Å². The quantitative estimate of drug-likeness (QED) is 0.630. The predicted octanol–water partition coefficient (Wildman–Crippen LogP) is 2.01. The molecule has 0 saturated carbocycles. The molecule has 0 N–H and O–H groups in total. The van der Waals surface area contributed by atoms with E-state index in [0.29, 0.717) is 32.8 Å². The number of benzene rings is 1. The van der Waals surface area contributed by atoms with Gasteiger partial charge in [0.2, 0.25) is 0 Å². The lowest BCUT2D eigenvalue weighted by Crippen LogP contribution is -2.49. The fourth-order valence-electron chi connectivity index (χ4n) is 2.25. The van der Waals surface area contributed by atoms with Gasteiger partial charge in [-0.1, -0.05) is 0 Å². The molecule has 0 unspecified atom stereocenters. The summed E-state index contributed by atoms with van der Waals surface area (Å²) in [6, 6.07) is 3.37. The molecule has 2 rings (SSSR count). The molecule has 1 aliphatic heterocycles. The SMILES string of the molecule is CCOC(=O)N1CCN(c2cc(F)ccc2[N+](=O)[O-])CC1. The molecule has 0 spiro atoms. The van der Waals surface area contributed by atoms with Crippen molar-refractivity contribution in [1.29, 1.82) is 0 Å². The zero-order valence-electron chi connectivity index (χ0n) is 11.6. The van der Waals surface area contributed by atoms with Crippen LogP contribution in [0.2, 0.25) is 0 Å². The Labute approximate surface area is 121 Å². The summed E-state index contributed by atoms with van der Waals surface area (Å²) in [5.41, 5.74) is 0.101. The van der Waals surface area contributed by atoms with Crippen molar-refractivity contribution in [2.75, 3.05) is 37.7 Å². The van der Waals surface area contributed by atoms with Crippen LogP contribution >= 0.6 is 0 Å². The smallest absolute Gasteiger partial charge is 0.409 e. The van der Waals surface area contributed by atoms with Gasteiger partial charge in [0.1, 0.15) is 11.5 Å². The monoisotopic (exact) mass is 297 g/mol. The topological polar surface area (TPSA) is 75.9 Å². The highest BCUT2D eigenvalue weighted by Gasteiger charge is 2.26. The molecule has 0 bridgehead atoms. The molecule has 21 heavy (non-hydrogen) atoms. The average Bonchev–Trinajstić information content (AvgIpc) is 2.47. The van der Waals surface area contributed by atoms with Gasteiger partial charge in [0.15, 0.2) is 0 Å². The number of amides is 1. The van der Waals surface area contributed by atoms with Gasteiger partial charge < -0.3 is 14.5 Å². The second-order valence-electron chi connectivity index (χ2n) is 4.56. The zero-order chi connectivity index (χ0) is 15.4. The van der Waals surface area contributed by atoms with E-state index in [4.69, 9.17) is 4.74 Å². The fraction of sp³-hybridized carbons (Fsp3) is 0.462. The molecular weight excluding hydrogens is 281 g/mol. The van der Waals surface area contributed by atoms with Gasteiger partial charge in [-0.2, -0.15) is 0 Å². The number of hydrogen-bond acceptors (Lipinski definition) is 5. The Bertz CT molecular complexity index is 544. The molecule has 8 heteroatoms. The molecule has 1 heterocycles. The summed E-state index contributed by atoms with van der Waals surface area (Å²) in [6.07, 6.45) is -0.397. The Balaban J connectivity index is 2.10. The maximum Gasteiger partial charge on any atom is 0.409 e. The van der Waals surface area contributed by atoms with Gasteiger partial charge in [-0.15, -0.1) is 0 Å². The first-order valence-corrected chi connectivity index (χ1v) is 6.63. The number of hydrogen-bond donors (Lipinski definition) is 0. The Morgan fingerprint density at radius 1 is 1.38 bits per heavy atom. The third kappa shape index (κ3) is 3.39. The molecule has 0 radical (unpaired) electrons. The largest absolute Gasteiger partial charge is 0.450 e. The maximum atomic E-state index is 13.3. The first kappa shape index (κ1) is 15.0. The van der Waals surface area contributed by atoms with Gasteiger partial charge in [0, 0.05) is 38.3 Å². The molecule has 1 aromatic carbocycles. The van der Waals surface area contributed by atoms with Crippen LogP contribution in [-0.2, 0) is 4.74 Å². The van der Waals surface area contributed by atoms with E-state index in [-0.39, 0.29) is 11.4 Å². The van der Waals surface area contributed by atoms with Gasteiger partial charge in [0.25, 0.3) is 5.69 Å². The van der Waals surface area contributed by atoms with Crippen LogP contribution in [0.15, 0.2) is 18.2 Å². The summed E-state index contributed by atoms with van der Waals surface area (Å²) in [5, 5.41) is 11.0. The Morgan fingerprint density at radius 3 is 2.62 bits per heavy atom. The number of halogens is 1. The normalized spacial score (nSPS) is 15.0. The van der Waals surface area contributed by atoms with Crippen LogP contribution in [-0.4, -0.2) is 48.7 Å². The summed E-state index contributed by atoms with van der Waals surface area (Å²) in [5.74, 6) is -0.525. The molecule has 0 aliphatic carbocycles. The molecule has 0 aromatic heterocycles. The summed E-state index contributed by atoms with van der Waals surface area (Å²) in [4.78, 5) is 25.3. The summed E-state index contributed by atoms with van der Waals surface area (Å²) in [7, 11) is 0. The molecule has 1 aromatic rings. The summed E-state index contributed by atoms with van der Waals surface area (Å²) in [6.45, 7) is 3.57. The highest BCUT2D eigenvalue weighted by Crippen LogP contribution is 2.29. The highest BCUT2D eigenvalue weighted by atomic mass is 19.1. The number of carbonyl (C=O) groups excluding carboxylic acids is 1. The van der Waals surface area contributed by atoms with E-state index >= 15 is 0 Å². The van der Waals surface area contributed by atoms with Crippen molar-refractivity contribution in [3.63, 3.8) is 0 Å². The number of rotatable bonds is 3. The van der Waals surface area contributed by atoms with Crippen molar-refractivity contribution in [2.45, 2.75) is 6.92 Å². The van der Waals surface area contributed by atoms with Crippen molar-refractivity contribution < 1.29 is 18.8 Å². The van der Waals surface area contributed by atoms with Crippen molar-refractivity contribution >= 4 is 17.5 Å². The Hall–Kier alpha value is -2.38. The molecule has 114 valence electrons. The second-order valence-corrected chi connectivity index (χ2v) is 4.56. The van der Waals surface area contributed by atoms with Crippen molar-refractivity contribution in [2.24, 2.45) is 0 Å². The lowest BCUT2D eigenvalue weighted by Gasteiger charge is -2.35. The van der Waals surface area contributed by atoms with Gasteiger partial charge in [-0.05, 0) is 13.0 Å². The fourth-order valence-corrected chi connectivity index (χ4v) is 2.25. The molecule has 1 fully saturated rings. The highest BCUT2D eigenvalue weighted by molar-refractivity contribution is 5.69. The van der Waals surface area contributed by atoms with Gasteiger partial charge in [-0.25, -0.2) is 9.18 Å². The van der Waals surface area contributed by atoms with E-state index < -0.39 is 16.8 Å². The summed E-state index contributed by atoms with van der Waals surface area (Å²) < 4.78 is 18.2. The predicted molar refractivity (Wildman–Crippen MR) is 73.9 cm³/mol. The van der Waals surface area contributed by atoms with Crippen LogP contribution in [0.25, 0.3) is 0 Å². The molecular formula is C13H16FN3O4. The molecule has 0 atom stereocenters. The first-order valence-electron chi connectivity index (χ1n) is 6.63. The van der Waals surface area contributed by atoms with Crippen LogP contribution in [0.3, 0.4) is 0 Å². The van der Waals surface area contributed by atoms with Crippen LogP contribution in [0.5, 0.6) is 0 Å². The van der Waals surface area contributed by atoms with Crippen molar-refractivity contribution in [3.05, 3.63) is 34.1 Å². The van der Waals surface area contributed by atoms with E-state index in [1.807, 2.05) is 0 Å². The zero-order valence-corrected chi connectivity index (χ0v) is 11.6. The third-order valence-corrected chi connectivity index (χ3v) is 3.28. The number of nitro groups is 1. The standard InChI is InChI=1S/C13H16FN3O4/c1-2-21-13(18)16-7-5-15(6-8-16)12-9-10(14)3-4-11(12)17(19)20/h3-4,9H,2,5-8H2,1H3. The minimum atomic E-state index is -0.535. The van der Waals surface area contributed by atoms with E-state index in [2.05, 4.69) is 0 Å². The van der Waals surface area contributed by atoms with Crippen LogP contribution in [0.4, 0.5) is 20.6 Å². The molecule has 7 nitrogen and oxygen atoms in total. The third-order valence-electron chi connectivity index (χ3n) is 3.28. The van der Waals surface area contributed by atoms with E-state index in [9.17, 15) is 19.3 Å². The average molecular weight is 297 g/mol. The van der Waals surface area contributed by atoms with Crippen molar-refractivity contribution in [1.82, 2.24) is 4.90 Å². The van der Waals surface area contributed by atoms with E-state index in [0.717, 1.165) is 18.2 Å². The van der Waals surface area contributed by atoms with Gasteiger partial charge >= 0.3 is 6.09 Å². The number of ether oxygens (including phenoxy) is 1. The van der Waals surface area contributed by atoms with Gasteiger partial charge in [-0.3, -0.25) is 10.1 Å². The Morgan fingerprint density at radius 2 is 2.05 bits per heavy atom. The lowest BCUT2D eigenvalue weighted by molar-refractivity contribution is -0.384. The summed E-state index contributed by atoms with van der Waals surface area (Å²) >= 11 is 0. The number of nitrogens with zero attached hydrogens (tertiary/aromatic N) is 3. The van der Waals surface area contributed by atoms with E-state index in [1.54, 1.807) is 11.8 Å².